The molecule has 0 aromatic rings. The second-order valence-electron chi connectivity index (χ2n) is 7.20. The van der Waals surface area contributed by atoms with Gasteiger partial charge in [-0.05, 0) is 37.5 Å². The number of fused-ring (bicyclic) bond motifs is 1. The number of nitrogens with one attached hydrogen (secondary N) is 1. The normalized spacial score (nSPS) is 41.6. The Kier molecular flexibility index (Phi) is 4.32. The van der Waals surface area contributed by atoms with Crippen LogP contribution in [0.25, 0.3) is 0 Å². The predicted octanol–water partition coefficient (Wildman–Crippen LogP) is 1.38. The van der Waals surface area contributed by atoms with Crippen molar-refractivity contribution >= 4 is 5.91 Å². The number of carbonyl (C=O) groups excluding carboxylic acids is 1. The van der Waals surface area contributed by atoms with E-state index in [-0.39, 0.29) is 12.0 Å². The molecule has 3 rings (SSSR count). The molecule has 0 aromatic carbocycles. The summed E-state index contributed by atoms with van der Waals surface area (Å²) in [4.78, 5) is 14.4. The SMILES string of the molecule is CC1CCCCC1NC(=O)CN1CC2CCC(O)C2C1. The van der Waals surface area contributed by atoms with E-state index < -0.39 is 0 Å². The van der Waals surface area contributed by atoms with Crippen molar-refractivity contribution in [1.82, 2.24) is 10.2 Å². The fraction of sp³-hybridized carbons (Fsp3) is 0.938. The van der Waals surface area contributed by atoms with E-state index in [4.69, 9.17) is 0 Å². The molecular formula is C16H28N2O2. The Bertz CT molecular complexity index is 360. The minimum atomic E-state index is -0.133. The molecular weight excluding hydrogens is 252 g/mol. The summed E-state index contributed by atoms with van der Waals surface area (Å²) in [6, 6.07) is 0.379. The number of aliphatic hydroxyl groups is 1. The summed E-state index contributed by atoms with van der Waals surface area (Å²) >= 11 is 0. The van der Waals surface area contributed by atoms with Gasteiger partial charge in [-0.25, -0.2) is 0 Å². The Labute approximate surface area is 121 Å². The number of likely N-dealkylation sites (tertiary alicyclic amines) is 1. The van der Waals surface area contributed by atoms with E-state index in [0.717, 1.165) is 32.4 Å². The van der Waals surface area contributed by atoms with Gasteiger partial charge in [-0.3, -0.25) is 9.69 Å². The highest BCUT2D eigenvalue weighted by Gasteiger charge is 2.42. The molecule has 2 N–H and O–H groups in total. The third-order valence-electron chi connectivity index (χ3n) is 5.72. The smallest absolute Gasteiger partial charge is 0.234 e. The van der Waals surface area contributed by atoms with Crippen molar-refractivity contribution in [3.8, 4) is 0 Å². The maximum Gasteiger partial charge on any atom is 0.234 e. The number of hydrogen-bond acceptors (Lipinski definition) is 3. The lowest BCUT2D eigenvalue weighted by Crippen LogP contribution is -2.45. The molecule has 2 aliphatic carbocycles. The summed E-state index contributed by atoms with van der Waals surface area (Å²) in [7, 11) is 0. The fourth-order valence-electron chi connectivity index (χ4n) is 4.44. The highest BCUT2D eigenvalue weighted by molar-refractivity contribution is 5.78. The Balaban J connectivity index is 1.45. The van der Waals surface area contributed by atoms with Gasteiger partial charge in [0.05, 0.1) is 12.6 Å². The molecule has 5 atom stereocenters. The second kappa shape index (κ2) is 6.02. The van der Waals surface area contributed by atoms with Gasteiger partial charge in [0.2, 0.25) is 5.91 Å². The summed E-state index contributed by atoms with van der Waals surface area (Å²) < 4.78 is 0. The second-order valence-corrected chi connectivity index (χ2v) is 7.20. The zero-order valence-electron chi connectivity index (χ0n) is 12.6. The van der Waals surface area contributed by atoms with Crippen molar-refractivity contribution in [3.63, 3.8) is 0 Å². The summed E-state index contributed by atoms with van der Waals surface area (Å²) in [5, 5.41) is 13.1. The van der Waals surface area contributed by atoms with Gasteiger partial charge in [0.25, 0.3) is 0 Å². The molecule has 1 saturated heterocycles. The average molecular weight is 280 g/mol. The lowest BCUT2D eigenvalue weighted by Gasteiger charge is -2.30. The lowest BCUT2D eigenvalue weighted by molar-refractivity contribution is -0.123. The largest absolute Gasteiger partial charge is 0.393 e. The molecule has 1 heterocycles. The van der Waals surface area contributed by atoms with Gasteiger partial charge in [-0.2, -0.15) is 0 Å². The van der Waals surface area contributed by atoms with E-state index in [1.54, 1.807) is 0 Å². The van der Waals surface area contributed by atoms with Crippen molar-refractivity contribution < 1.29 is 9.90 Å². The van der Waals surface area contributed by atoms with Crippen LogP contribution in [0, 0.1) is 17.8 Å². The van der Waals surface area contributed by atoms with Crippen LogP contribution in [0.2, 0.25) is 0 Å². The number of carbonyl (C=O) groups is 1. The molecule has 0 bridgehead atoms. The summed E-state index contributed by atoms with van der Waals surface area (Å²) in [5.41, 5.74) is 0. The number of rotatable bonds is 3. The van der Waals surface area contributed by atoms with Crippen LogP contribution >= 0.6 is 0 Å². The molecule has 0 spiro atoms. The first-order chi connectivity index (χ1) is 9.63. The van der Waals surface area contributed by atoms with Crippen LogP contribution in [0.4, 0.5) is 0 Å². The minimum absolute atomic E-state index is 0.133. The summed E-state index contributed by atoms with van der Waals surface area (Å²) in [6.45, 7) is 4.67. The first-order valence-electron chi connectivity index (χ1n) is 8.33. The Morgan fingerprint density at radius 3 is 2.75 bits per heavy atom. The average Bonchev–Trinajstić information content (AvgIpc) is 2.95. The molecule has 0 radical (unpaired) electrons. The topological polar surface area (TPSA) is 52.6 Å². The first kappa shape index (κ1) is 14.3. The standard InChI is InChI=1S/C16H28N2O2/c1-11-4-2-3-5-14(11)17-16(20)10-18-8-12-6-7-15(19)13(12)9-18/h11-15,19H,2-10H2,1H3,(H,17,20). The van der Waals surface area contributed by atoms with E-state index in [9.17, 15) is 9.90 Å². The highest BCUT2D eigenvalue weighted by atomic mass is 16.3. The molecule has 114 valence electrons. The van der Waals surface area contributed by atoms with Crippen LogP contribution in [-0.4, -0.2) is 47.7 Å². The minimum Gasteiger partial charge on any atom is -0.393 e. The van der Waals surface area contributed by atoms with Gasteiger partial charge in [-0.15, -0.1) is 0 Å². The third kappa shape index (κ3) is 3.01. The molecule has 3 aliphatic rings. The van der Waals surface area contributed by atoms with E-state index in [1.807, 2.05) is 0 Å². The van der Waals surface area contributed by atoms with Crippen LogP contribution in [0.5, 0.6) is 0 Å². The maximum atomic E-state index is 12.2. The predicted molar refractivity (Wildman–Crippen MR) is 78.2 cm³/mol. The molecule has 4 heteroatoms. The monoisotopic (exact) mass is 280 g/mol. The van der Waals surface area contributed by atoms with Crippen LogP contribution in [0.3, 0.4) is 0 Å². The zero-order valence-corrected chi connectivity index (χ0v) is 12.6. The number of amides is 1. The van der Waals surface area contributed by atoms with Crippen molar-refractivity contribution in [2.45, 2.75) is 57.6 Å². The van der Waals surface area contributed by atoms with Crippen molar-refractivity contribution in [3.05, 3.63) is 0 Å². The molecule has 4 nitrogen and oxygen atoms in total. The van der Waals surface area contributed by atoms with E-state index in [0.29, 0.717) is 30.3 Å². The quantitative estimate of drug-likeness (QED) is 0.821. The summed E-state index contributed by atoms with van der Waals surface area (Å²) in [6.07, 6.45) is 6.88. The molecule has 2 saturated carbocycles. The van der Waals surface area contributed by atoms with Crippen LogP contribution in [0.15, 0.2) is 0 Å². The molecule has 1 amide bonds. The number of hydrogen-bond donors (Lipinski definition) is 2. The van der Waals surface area contributed by atoms with Gasteiger partial charge < -0.3 is 10.4 Å². The molecule has 3 fully saturated rings. The van der Waals surface area contributed by atoms with Crippen LogP contribution in [0.1, 0.15) is 45.4 Å². The lowest BCUT2D eigenvalue weighted by atomic mass is 9.86. The van der Waals surface area contributed by atoms with E-state index >= 15 is 0 Å². The molecule has 1 aliphatic heterocycles. The summed E-state index contributed by atoms with van der Waals surface area (Å²) in [5.74, 6) is 1.83. The van der Waals surface area contributed by atoms with Gasteiger partial charge >= 0.3 is 0 Å². The van der Waals surface area contributed by atoms with Crippen molar-refractivity contribution in [2.24, 2.45) is 17.8 Å². The van der Waals surface area contributed by atoms with E-state index in [2.05, 4.69) is 17.1 Å². The van der Waals surface area contributed by atoms with Crippen molar-refractivity contribution in [1.29, 1.82) is 0 Å². The third-order valence-corrected chi connectivity index (χ3v) is 5.72. The van der Waals surface area contributed by atoms with Gasteiger partial charge in [0.15, 0.2) is 0 Å². The van der Waals surface area contributed by atoms with Crippen LogP contribution < -0.4 is 5.32 Å². The van der Waals surface area contributed by atoms with Crippen LogP contribution in [-0.2, 0) is 4.79 Å². The van der Waals surface area contributed by atoms with Gasteiger partial charge in [0, 0.05) is 25.0 Å². The molecule has 5 unspecified atom stereocenters. The maximum absolute atomic E-state index is 12.2. The Morgan fingerprint density at radius 2 is 2.00 bits per heavy atom. The van der Waals surface area contributed by atoms with Crippen molar-refractivity contribution in [2.75, 3.05) is 19.6 Å². The first-order valence-corrected chi connectivity index (χ1v) is 8.33. The number of nitrogens with zero attached hydrogens (tertiary/aromatic N) is 1. The van der Waals surface area contributed by atoms with Gasteiger partial charge in [0.1, 0.15) is 0 Å². The molecule has 0 aromatic heterocycles. The van der Waals surface area contributed by atoms with Gasteiger partial charge in [-0.1, -0.05) is 19.8 Å². The molecule has 20 heavy (non-hydrogen) atoms. The van der Waals surface area contributed by atoms with E-state index in [1.165, 1.54) is 19.3 Å². The highest BCUT2D eigenvalue weighted by Crippen LogP contribution is 2.37. The fourth-order valence-corrected chi connectivity index (χ4v) is 4.44. The Hall–Kier alpha value is -0.610. The Morgan fingerprint density at radius 1 is 1.20 bits per heavy atom. The zero-order chi connectivity index (χ0) is 14.1. The number of aliphatic hydroxyl groups excluding tert-OH is 1.